The van der Waals surface area contributed by atoms with Gasteiger partial charge in [0.2, 0.25) is 0 Å². The molecule has 0 spiro atoms. The van der Waals surface area contributed by atoms with Gasteiger partial charge in [-0.15, -0.1) is 11.3 Å². The maximum absolute atomic E-state index is 12.0. The highest BCUT2D eigenvalue weighted by atomic mass is 32.1. The molecule has 1 unspecified atom stereocenters. The molecule has 0 fully saturated rings. The zero-order valence-electron chi connectivity index (χ0n) is 16.4. The summed E-state index contributed by atoms with van der Waals surface area (Å²) in [6, 6.07) is 11.9. The third kappa shape index (κ3) is 7.43. The second kappa shape index (κ2) is 11.4. The highest BCUT2D eigenvalue weighted by Gasteiger charge is 2.07. The SMILES string of the molecule is CCNC(=O)c1cccc(CN=C(NCC)NCC(C)Cc2cccs2)c1. The first-order valence-corrected chi connectivity index (χ1v) is 10.4. The van der Waals surface area contributed by atoms with Gasteiger partial charge in [0.15, 0.2) is 5.96 Å². The number of nitrogens with zero attached hydrogens (tertiary/aromatic N) is 1. The van der Waals surface area contributed by atoms with Gasteiger partial charge in [0.25, 0.3) is 5.91 Å². The van der Waals surface area contributed by atoms with E-state index in [0.29, 0.717) is 24.6 Å². The zero-order valence-corrected chi connectivity index (χ0v) is 17.2. The van der Waals surface area contributed by atoms with Crippen LogP contribution in [0, 0.1) is 5.92 Å². The molecule has 0 saturated carbocycles. The van der Waals surface area contributed by atoms with Crippen LogP contribution in [-0.4, -0.2) is 31.5 Å². The summed E-state index contributed by atoms with van der Waals surface area (Å²) in [6.07, 6.45) is 1.07. The highest BCUT2D eigenvalue weighted by molar-refractivity contribution is 7.09. The lowest BCUT2D eigenvalue weighted by molar-refractivity contribution is 0.0955. The minimum Gasteiger partial charge on any atom is -0.357 e. The summed E-state index contributed by atoms with van der Waals surface area (Å²) in [5.41, 5.74) is 1.69. The molecule has 0 bridgehead atoms. The molecule has 0 aliphatic heterocycles. The van der Waals surface area contributed by atoms with Crippen molar-refractivity contribution in [2.75, 3.05) is 19.6 Å². The molecular formula is C21H30N4OS. The number of benzene rings is 1. The number of hydrogen-bond donors (Lipinski definition) is 3. The Kier molecular flexibility index (Phi) is 8.84. The summed E-state index contributed by atoms with van der Waals surface area (Å²) in [5.74, 6) is 1.28. The predicted molar refractivity (Wildman–Crippen MR) is 114 cm³/mol. The number of amides is 1. The van der Waals surface area contributed by atoms with Crippen LogP contribution in [0.3, 0.4) is 0 Å². The van der Waals surface area contributed by atoms with E-state index >= 15 is 0 Å². The van der Waals surface area contributed by atoms with Crippen molar-refractivity contribution in [3.8, 4) is 0 Å². The van der Waals surface area contributed by atoms with E-state index in [-0.39, 0.29) is 5.91 Å². The van der Waals surface area contributed by atoms with Crippen LogP contribution in [0.1, 0.15) is 41.6 Å². The monoisotopic (exact) mass is 386 g/mol. The van der Waals surface area contributed by atoms with Crippen molar-refractivity contribution in [2.24, 2.45) is 10.9 Å². The number of thiophene rings is 1. The third-order valence-corrected chi connectivity index (χ3v) is 4.94. The van der Waals surface area contributed by atoms with Crippen LogP contribution in [0.4, 0.5) is 0 Å². The molecule has 2 rings (SSSR count). The molecule has 0 radical (unpaired) electrons. The van der Waals surface area contributed by atoms with Gasteiger partial charge in [-0.25, -0.2) is 4.99 Å². The van der Waals surface area contributed by atoms with Gasteiger partial charge in [-0.2, -0.15) is 0 Å². The Hall–Kier alpha value is -2.34. The normalized spacial score (nSPS) is 12.5. The van der Waals surface area contributed by atoms with Gasteiger partial charge in [0.1, 0.15) is 0 Å². The molecule has 1 atom stereocenters. The summed E-state index contributed by atoms with van der Waals surface area (Å²) in [4.78, 5) is 18.0. The Morgan fingerprint density at radius 2 is 1.93 bits per heavy atom. The maximum Gasteiger partial charge on any atom is 0.251 e. The average Bonchev–Trinajstić information content (AvgIpc) is 3.17. The number of rotatable bonds is 9. The number of carbonyl (C=O) groups excluding carboxylic acids is 1. The predicted octanol–water partition coefficient (Wildman–Crippen LogP) is 3.43. The van der Waals surface area contributed by atoms with Crippen LogP contribution >= 0.6 is 11.3 Å². The van der Waals surface area contributed by atoms with Crippen molar-refractivity contribution in [1.29, 1.82) is 0 Å². The van der Waals surface area contributed by atoms with Crippen molar-refractivity contribution < 1.29 is 4.79 Å². The van der Waals surface area contributed by atoms with Crippen LogP contribution in [0.25, 0.3) is 0 Å². The van der Waals surface area contributed by atoms with E-state index in [2.05, 4.69) is 52.3 Å². The standard InChI is InChI=1S/C21H30N4OS/c1-4-22-20(26)18-9-6-8-17(13-18)15-25-21(23-5-2)24-14-16(3)12-19-10-7-11-27-19/h6-11,13,16H,4-5,12,14-15H2,1-3H3,(H,22,26)(H2,23,24,25). The van der Waals surface area contributed by atoms with E-state index < -0.39 is 0 Å². The van der Waals surface area contributed by atoms with Gasteiger partial charge in [-0.05, 0) is 55.3 Å². The molecule has 1 heterocycles. The van der Waals surface area contributed by atoms with E-state index in [0.717, 1.165) is 31.0 Å². The summed E-state index contributed by atoms with van der Waals surface area (Å²) >= 11 is 1.80. The minimum atomic E-state index is -0.0456. The number of aliphatic imine (C=N–C) groups is 1. The van der Waals surface area contributed by atoms with Crippen LogP contribution in [0.2, 0.25) is 0 Å². The number of hydrogen-bond acceptors (Lipinski definition) is 3. The van der Waals surface area contributed by atoms with Crippen LogP contribution in [0.5, 0.6) is 0 Å². The zero-order chi connectivity index (χ0) is 19.5. The first-order valence-electron chi connectivity index (χ1n) is 9.54. The molecule has 27 heavy (non-hydrogen) atoms. The third-order valence-electron chi connectivity index (χ3n) is 4.04. The van der Waals surface area contributed by atoms with Crippen molar-refractivity contribution in [2.45, 2.75) is 33.7 Å². The first-order chi connectivity index (χ1) is 13.1. The lowest BCUT2D eigenvalue weighted by Crippen LogP contribution is -2.39. The van der Waals surface area contributed by atoms with E-state index in [1.807, 2.05) is 31.2 Å². The second-order valence-corrected chi connectivity index (χ2v) is 7.56. The minimum absolute atomic E-state index is 0.0456. The smallest absolute Gasteiger partial charge is 0.251 e. The molecule has 146 valence electrons. The molecule has 0 aliphatic rings. The fraction of sp³-hybridized carbons (Fsp3) is 0.429. The van der Waals surface area contributed by atoms with Crippen molar-refractivity contribution in [3.05, 3.63) is 57.8 Å². The Labute approximate surface area is 166 Å². The van der Waals surface area contributed by atoms with Gasteiger partial charge in [-0.3, -0.25) is 4.79 Å². The average molecular weight is 387 g/mol. The van der Waals surface area contributed by atoms with E-state index in [9.17, 15) is 4.79 Å². The lowest BCUT2D eigenvalue weighted by atomic mass is 10.1. The number of guanidine groups is 1. The van der Waals surface area contributed by atoms with Gasteiger partial charge < -0.3 is 16.0 Å². The molecular weight excluding hydrogens is 356 g/mol. The summed E-state index contributed by atoms with van der Waals surface area (Å²) in [7, 11) is 0. The van der Waals surface area contributed by atoms with Crippen molar-refractivity contribution in [1.82, 2.24) is 16.0 Å². The summed E-state index contributed by atoms with van der Waals surface area (Å²) in [6.45, 7) is 9.04. The summed E-state index contributed by atoms with van der Waals surface area (Å²) in [5, 5.41) is 11.7. The fourth-order valence-electron chi connectivity index (χ4n) is 2.70. The molecule has 2 aromatic rings. The maximum atomic E-state index is 12.0. The molecule has 1 amide bonds. The Morgan fingerprint density at radius 1 is 1.11 bits per heavy atom. The van der Waals surface area contributed by atoms with Gasteiger partial charge >= 0.3 is 0 Å². The quantitative estimate of drug-likeness (QED) is 0.457. The van der Waals surface area contributed by atoms with Crippen LogP contribution < -0.4 is 16.0 Å². The molecule has 5 nitrogen and oxygen atoms in total. The van der Waals surface area contributed by atoms with Crippen LogP contribution in [0.15, 0.2) is 46.8 Å². The summed E-state index contributed by atoms with van der Waals surface area (Å²) < 4.78 is 0. The van der Waals surface area contributed by atoms with Gasteiger partial charge in [0, 0.05) is 30.1 Å². The highest BCUT2D eigenvalue weighted by Crippen LogP contribution is 2.13. The number of nitrogens with one attached hydrogen (secondary N) is 3. The topological polar surface area (TPSA) is 65.5 Å². The van der Waals surface area contributed by atoms with Crippen molar-refractivity contribution in [3.63, 3.8) is 0 Å². The Morgan fingerprint density at radius 3 is 2.63 bits per heavy atom. The molecule has 0 saturated heterocycles. The molecule has 1 aromatic carbocycles. The second-order valence-electron chi connectivity index (χ2n) is 6.52. The Bertz CT molecular complexity index is 728. The first kappa shape index (κ1) is 21.0. The molecule has 6 heteroatoms. The van der Waals surface area contributed by atoms with Gasteiger partial charge in [0.05, 0.1) is 6.54 Å². The largest absolute Gasteiger partial charge is 0.357 e. The van der Waals surface area contributed by atoms with Crippen LogP contribution in [-0.2, 0) is 13.0 Å². The van der Waals surface area contributed by atoms with Gasteiger partial charge in [-0.1, -0.05) is 25.1 Å². The van der Waals surface area contributed by atoms with Crippen molar-refractivity contribution >= 4 is 23.2 Å². The molecule has 0 aliphatic carbocycles. The van der Waals surface area contributed by atoms with E-state index in [4.69, 9.17) is 0 Å². The number of carbonyl (C=O) groups is 1. The van der Waals surface area contributed by atoms with E-state index in [1.54, 1.807) is 11.3 Å². The molecule has 1 aromatic heterocycles. The lowest BCUT2D eigenvalue weighted by Gasteiger charge is -2.15. The molecule has 3 N–H and O–H groups in total. The van der Waals surface area contributed by atoms with E-state index in [1.165, 1.54) is 4.88 Å². The fourth-order valence-corrected chi connectivity index (χ4v) is 3.57. The Balaban J connectivity index is 1.92.